The van der Waals surface area contributed by atoms with Crippen LogP contribution in [-0.2, 0) is 0 Å². The van der Waals surface area contributed by atoms with Crippen LogP contribution in [-0.4, -0.2) is 11.2 Å². The summed E-state index contributed by atoms with van der Waals surface area (Å²) in [4.78, 5) is 11.3. The molecule has 1 saturated carbocycles. The van der Waals surface area contributed by atoms with Crippen LogP contribution < -0.4 is 10.4 Å². The van der Waals surface area contributed by atoms with E-state index in [0.717, 1.165) is 23.8 Å². The lowest BCUT2D eigenvalue weighted by Gasteiger charge is -2.15. The molecule has 0 unspecified atom stereocenters. The van der Waals surface area contributed by atoms with Crippen LogP contribution in [0.1, 0.15) is 50.7 Å². The molecule has 0 bridgehead atoms. The standard InChI is InChI=1S/C22H20O4.C2H6/c1-14(15-6-10-21-16(12-15)7-11-22(24)26-21)19-9-8-18(13-20(19)23)25-17-4-2-3-5-17;1-2/h6-13,17,23H,1-5H2;1-2H3. The highest BCUT2D eigenvalue weighted by Gasteiger charge is 2.17. The number of ether oxygens (including phenoxy) is 1. The predicted octanol–water partition coefficient (Wildman–Crippen LogP) is 5.91. The maximum atomic E-state index is 11.3. The van der Waals surface area contributed by atoms with E-state index in [-0.39, 0.29) is 17.5 Å². The molecule has 146 valence electrons. The van der Waals surface area contributed by atoms with Crippen molar-refractivity contribution in [2.45, 2.75) is 45.6 Å². The van der Waals surface area contributed by atoms with E-state index in [0.29, 0.717) is 22.5 Å². The molecule has 28 heavy (non-hydrogen) atoms. The Morgan fingerprint density at radius 2 is 1.82 bits per heavy atom. The van der Waals surface area contributed by atoms with E-state index < -0.39 is 0 Å². The molecule has 0 amide bonds. The molecular weight excluding hydrogens is 352 g/mol. The van der Waals surface area contributed by atoms with Crippen LogP contribution >= 0.6 is 0 Å². The molecule has 4 nitrogen and oxygen atoms in total. The fraction of sp³-hybridized carbons (Fsp3) is 0.292. The Hall–Kier alpha value is -3.01. The van der Waals surface area contributed by atoms with Crippen molar-refractivity contribution in [3.05, 3.63) is 76.7 Å². The summed E-state index contributed by atoms with van der Waals surface area (Å²) in [5.74, 6) is 0.830. The molecule has 0 atom stereocenters. The molecule has 1 N–H and O–H groups in total. The van der Waals surface area contributed by atoms with Gasteiger partial charge in [-0.1, -0.05) is 26.5 Å². The Morgan fingerprint density at radius 3 is 2.54 bits per heavy atom. The third kappa shape index (κ3) is 4.28. The molecule has 1 fully saturated rings. The minimum Gasteiger partial charge on any atom is -0.507 e. The second kappa shape index (κ2) is 8.79. The van der Waals surface area contributed by atoms with E-state index in [2.05, 4.69) is 6.58 Å². The topological polar surface area (TPSA) is 59.7 Å². The van der Waals surface area contributed by atoms with Crippen molar-refractivity contribution < 1.29 is 14.3 Å². The Labute approximate surface area is 165 Å². The van der Waals surface area contributed by atoms with Crippen LogP contribution in [0, 0.1) is 0 Å². The molecule has 4 heteroatoms. The van der Waals surface area contributed by atoms with Crippen LogP contribution in [0.25, 0.3) is 16.5 Å². The molecule has 1 aromatic heterocycles. The SMILES string of the molecule is C=C(c1ccc2oc(=O)ccc2c1)c1ccc(OC2CCCC2)cc1O.CC. The van der Waals surface area contributed by atoms with Crippen LogP contribution in [0.5, 0.6) is 11.5 Å². The van der Waals surface area contributed by atoms with Crippen molar-refractivity contribution in [2.75, 3.05) is 0 Å². The van der Waals surface area contributed by atoms with Crippen molar-refractivity contribution >= 4 is 16.5 Å². The molecule has 4 rings (SSSR count). The number of phenolic OH excluding ortho intramolecular Hbond substituents is 1. The number of rotatable bonds is 4. The normalized spacial score (nSPS) is 13.8. The number of fused-ring (bicyclic) bond motifs is 1. The van der Waals surface area contributed by atoms with Crippen molar-refractivity contribution in [3.63, 3.8) is 0 Å². The van der Waals surface area contributed by atoms with Crippen molar-refractivity contribution in [3.8, 4) is 11.5 Å². The van der Waals surface area contributed by atoms with E-state index in [1.807, 2.05) is 38.1 Å². The van der Waals surface area contributed by atoms with Gasteiger partial charge >= 0.3 is 5.63 Å². The number of hydrogen-bond acceptors (Lipinski definition) is 4. The molecule has 1 aliphatic carbocycles. The zero-order chi connectivity index (χ0) is 20.1. The van der Waals surface area contributed by atoms with Crippen LogP contribution in [0.15, 0.2) is 64.3 Å². The number of aromatic hydroxyl groups is 1. The summed E-state index contributed by atoms with van der Waals surface area (Å²) >= 11 is 0. The van der Waals surface area contributed by atoms with Gasteiger partial charge in [-0.15, -0.1) is 0 Å². The molecule has 0 aliphatic heterocycles. The number of benzene rings is 2. The van der Waals surface area contributed by atoms with Gasteiger partial charge in [0.1, 0.15) is 17.1 Å². The number of phenols is 1. The fourth-order valence-corrected chi connectivity index (χ4v) is 3.45. The van der Waals surface area contributed by atoms with Crippen molar-refractivity contribution in [1.29, 1.82) is 0 Å². The summed E-state index contributed by atoms with van der Waals surface area (Å²) < 4.78 is 11.1. The summed E-state index contributed by atoms with van der Waals surface area (Å²) in [6, 6.07) is 13.9. The molecular formula is C24H26O4. The predicted molar refractivity (Wildman–Crippen MR) is 113 cm³/mol. The van der Waals surface area contributed by atoms with Crippen molar-refractivity contribution in [2.24, 2.45) is 0 Å². The highest BCUT2D eigenvalue weighted by molar-refractivity contribution is 5.87. The Kier molecular flexibility index (Phi) is 6.19. The summed E-state index contributed by atoms with van der Waals surface area (Å²) in [7, 11) is 0. The van der Waals surface area contributed by atoms with E-state index in [9.17, 15) is 9.90 Å². The minimum atomic E-state index is -0.375. The first kappa shape index (κ1) is 19.7. The molecule has 1 heterocycles. The van der Waals surface area contributed by atoms with Gasteiger partial charge in [-0.25, -0.2) is 4.79 Å². The maximum absolute atomic E-state index is 11.3. The maximum Gasteiger partial charge on any atom is 0.336 e. The van der Waals surface area contributed by atoms with E-state index in [1.54, 1.807) is 18.2 Å². The zero-order valence-corrected chi connectivity index (χ0v) is 16.4. The molecule has 1 aliphatic rings. The monoisotopic (exact) mass is 378 g/mol. The third-order valence-electron chi connectivity index (χ3n) is 4.87. The van der Waals surface area contributed by atoms with Crippen molar-refractivity contribution in [1.82, 2.24) is 0 Å². The fourth-order valence-electron chi connectivity index (χ4n) is 3.45. The summed E-state index contributed by atoms with van der Waals surface area (Å²) in [5.41, 5.74) is 2.35. The molecule has 2 aromatic carbocycles. The minimum absolute atomic E-state index is 0.144. The lowest BCUT2D eigenvalue weighted by atomic mass is 9.97. The molecule has 0 radical (unpaired) electrons. The molecule has 0 saturated heterocycles. The number of hydrogen-bond donors (Lipinski definition) is 1. The van der Waals surface area contributed by atoms with E-state index in [4.69, 9.17) is 9.15 Å². The third-order valence-corrected chi connectivity index (χ3v) is 4.87. The lowest BCUT2D eigenvalue weighted by Crippen LogP contribution is -2.10. The second-order valence-electron chi connectivity index (χ2n) is 6.69. The lowest BCUT2D eigenvalue weighted by molar-refractivity contribution is 0.209. The smallest absolute Gasteiger partial charge is 0.336 e. The Bertz CT molecular complexity index is 1030. The molecule has 3 aromatic rings. The van der Waals surface area contributed by atoms with Gasteiger partial charge in [0.15, 0.2) is 0 Å². The van der Waals surface area contributed by atoms with E-state index in [1.165, 1.54) is 18.9 Å². The van der Waals surface area contributed by atoms with Gasteiger partial charge in [-0.3, -0.25) is 0 Å². The van der Waals surface area contributed by atoms with Crippen LogP contribution in [0.2, 0.25) is 0 Å². The van der Waals surface area contributed by atoms with Crippen LogP contribution in [0.4, 0.5) is 0 Å². The largest absolute Gasteiger partial charge is 0.507 e. The van der Waals surface area contributed by atoms with Gasteiger partial charge in [-0.05, 0) is 67.2 Å². The second-order valence-corrected chi connectivity index (χ2v) is 6.69. The highest BCUT2D eigenvalue weighted by atomic mass is 16.5. The highest BCUT2D eigenvalue weighted by Crippen LogP contribution is 2.34. The van der Waals surface area contributed by atoms with Gasteiger partial charge in [0.05, 0.1) is 6.10 Å². The van der Waals surface area contributed by atoms with Gasteiger partial charge in [-0.2, -0.15) is 0 Å². The first-order valence-corrected chi connectivity index (χ1v) is 9.83. The van der Waals surface area contributed by atoms with Gasteiger partial charge in [0.2, 0.25) is 0 Å². The summed E-state index contributed by atoms with van der Waals surface area (Å²) in [6.45, 7) is 8.12. The van der Waals surface area contributed by atoms with Gasteiger partial charge in [0, 0.05) is 23.1 Å². The van der Waals surface area contributed by atoms with Gasteiger partial charge < -0.3 is 14.3 Å². The van der Waals surface area contributed by atoms with Gasteiger partial charge in [0.25, 0.3) is 0 Å². The summed E-state index contributed by atoms with van der Waals surface area (Å²) in [5, 5.41) is 11.3. The Morgan fingerprint density at radius 1 is 1.07 bits per heavy atom. The first-order valence-electron chi connectivity index (χ1n) is 9.83. The van der Waals surface area contributed by atoms with E-state index >= 15 is 0 Å². The van der Waals surface area contributed by atoms with Crippen LogP contribution in [0.3, 0.4) is 0 Å². The Balaban J connectivity index is 0.00000109. The zero-order valence-electron chi connectivity index (χ0n) is 16.4. The summed E-state index contributed by atoms with van der Waals surface area (Å²) in [6.07, 6.45) is 4.80. The molecule has 0 spiro atoms. The quantitative estimate of drug-likeness (QED) is 0.574. The first-order chi connectivity index (χ1) is 13.6. The average Bonchev–Trinajstić information content (AvgIpc) is 3.22. The average molecular weight is 378 g/mol.